The Kier molecular flexibility index (Phi) is 5.56. The van der Waals surface area contributed by atoms with Crippen LogP contribution >= 0.6 is 0 Å². The first-order valence-corrected chi connectivity index (χ1v) is 13.7. The molecule has 0 atom stereocenters. The number of tetrazole rings is 1. The molecule has 5 rings (SSSR count). The Morgan fingerprint density at radius 3 is 2.46 bits per heavy atom. The molecule has 4 aromatic rings. The maximum absolute atomic E-state index is 12.9. The summed E-state index contributed by atoms with van der Waals surface area (Å²) >= 11 is 0. The van der Waals surface area contributed by atoms with E-state index < -0.39 is 35.4 Å². The first-order chi connectivity index (χ1) is 16.6. The SMILES string of the molecule is NCCS(=O)(=O)c1ccc(-c2cccc3c2nc(N)n3C2CNC2)c(-c2nn[nH]n2)c1S(N)(=O)=O. The highest BCUT2D eigenvalue weighted by Gasteiger charge is 2.33. The predicted octanol–water partition coefficient (Wildman–Crippen LogP) is -1.01. The molecule has 3 heterocycles. The van der Waals surface area contributed by atoms with Gasteiger partial charge >= 0.3 is 0 Å². The Morgan fingerprint density at radius 1 is 1.09 bits per heavy atom. The largest absolute Gasteiger partial charge is 0.369 e. The van der Waals surface area contributed by atoms with Crippen LogP contribution in [0.4, 0.5) is 5.95 Å². The first kappa shape index (κ1) is 23.3. The van der Waals surface area contributed by atoms with Crippen molar-refractivity contribution >= 4 is 36.8 Å². The zero-order valence-electron chi connectivity index (χ0n) is 18.2. The standard InChI is InChI=1S/C19H22N10O4S2/c20-6-7-34(30,31)14-5-4-11(15(17(14)35(22,32)33)18-25-27-28-26-18)12-2-1-3-13-16(12)24-19(21)29(13)10-8-23-9-10/h1-5,10,23H,6-9,20H2,(H2,21,24)(H2,22,32,33)(H,25,26,27,28). The lowest BCUT2D eigenvalue weighted by atomic mass is 9.97. The van der Waals surface area contributed by atoms with Crippen LogP contribution in [0.5, 0.6) is 0 Å². The van der Waals surface area contributed by atoms with Crippen LogP contribution in [0.25, 0.3) is 33.5 Å². The maximum Gasteiger partial charge on any atom is 0.240 e. The number of primary sulfonamides is 1. The zero-order valence-corrected chi connectivity index (χ0v) is 19.8. The number of hydrogen-bond acceptors (Lipinski definition) is 11. The maximum atomic E-state index is 12.9. The third-order valence-electron chi connectivity index (χ3n) is 5.86. The van der Waals surface area contributed by atoms with E-state index in [9.17, 15) is 16.8 Å². The van der Waals surface area contributed by atoms with Crippen LogP contribution < -0.4 is 21.9 Å². The minimum Gasteiger partial charge on any atom is -0.369 e. The highest BCUT2D eigenvalue weighted by atomic mass is 32.2. The van der Waals surface area contributed by atoms with Crippen molar-refractivity contribution in [3.05, 3.63) is 30.3 Å². The van der Waals surface area contributed by atoms with Crippen molar-refractivity contribution in [2.45, 2.75) is 15.8 Å². The summed E-state index contributed by atoms with van der Waals surface area (Å²) in [6, 6.07) is 8.14. The number of nitrogens with zero attached hydrogens (tertiary/aromatic N) is 5. The summed E-state index contributed by atoms with van der Waals surface area (Å²) in [6.45, 7) is 1.26. The van der Waals surface area contributed by atoms with Gasteiger partial charge in [-0.25, -0.2) is 27.0 Å². The smallest absolute Gasteiger partial charge is 0.240 e. The number of imidazole rings is 1. The third-order valence-corrected chi connectivity index (χ3v) is 8.77. The molecule has 1 fully saturated rings. The second-order valence-electron chi connectivity index (χ2n) is 8.03. The number of H-pyrrole nitrogens is 1. The van der Waals surface area contributed by atoms with E-state index in [2.05, 4.69) is 30.9 Å². The molecule has 0 spiro atoms. The fourth-order valence-corrected chi connectivity index (χ4v) is 7.02. The van der Waals surface area contributed by atoms with Crippen LogP contribution in [0.2, 0.25) is 0 Å². The fraction of sp³-hybridized carbons (Fsp3) is 0.263. The summed E-state index contributed by atoms with van der Waals surface area (Å²) in [5, 5.41) is 22.4. The summed E-state index contributed by atoms with van der Waals surface area (Å²) in [7, 11) is -8.69. The lowest BCUT2D eigenvalue weighted by Gasteiger charge is -2.29. The van der Waals surface area contributed by atoms with Gasteiger partial charge in [0.05, 0.1) is 33.3 Å². The predicted molar refractivity (Wildman–Crippen MR) is 127 cm³/mol. The molecular formula is C19H22N10O4S2. The molecular weight excluding hydrogens is 496 g/mol. The van der Waals surface area contributed by atoms with Crippen LogP contribution in [-0.4, -0.2) is 72.4 Å². The molecule has 0 bridgehead atoms. The number of fused-ring (bicyclic) bond motifs is 1. The lowest BCUT2D eigenvalue weighted by molar-refractivity contribution is 0.354. The molecule has 1 aliphatic rings. The van der Waals surface area contributed by atoms with E-state index in [4.69, 9.17) is 16.6 Å². The van der Waals surface area contributed by atoms with Crippen molar-refractivity contribution < 1.29 is 16.8 Å². The Balaban J connectivity index is 1.88. The van der Waals surface area contributed by atoms with Crippen LogP contribution in [0.3, 0.4) is 0 Å². The third kappa shape index (κ3) is 3.84. The van der Waals surface area contributed by atoms with Crippen molar-refractivity contribution in [1.29, 1.82) is 0 Å². The molecule has 0 saturated carbocycles. The lowest BCUT2D eigenvalue weighted by Crippen LogP contribution is -2.43. The quantitative estimate of drug-likeness (QED) is 0.199. The molecule has 1 aliphatic heterocycles. The van der Waals surface area contributed by atoms with Crippen LogP contribution in [0.15, 0.2) is 40.1 Å². The van der Waals surface area contributed by atoms with Gasteiger partial charge in [-0.1, -0.05) is 18.2 Å². The van der Waals surface area contributed by atoms with E-state index in [1.54, 1.807) is 12.1 Å². The van der Waals surface area contributed by atoms with Gasteiger partial charge in [-0.2, -0.15) is 5.21 Å². The highest BCUT2D eigenvalue weighted by Crippen LogP contribution is 2.41. The summed E-state index contributed by atoms with van der Waals surface area (Å²) in [6.07, 6.45) is 0. The number of nitrogens with one attached hydrogen (secondary N) is 2. The van der Waals surface area contributed by atoms with E-state index in [0.29, 0.717) is 22.6 Å². The van der Waals surface area contributed by atoms with Gasteiger partial charge in [0.25, 0.3) is 0 Å². The molecule has 0 aliphatic carbocycles. The Labute approximate surface area is 199 Å². The highest BCUT2D eigenvalue weighted by molar-refractivity contribution is 7.93. The van der Waals surface area contributed by atoms with E-state index in [1.165, 1.54) is 12.1 Å². The number of aromatic amines is 1. The van der Waals surface area contributed by atoms with Gasteiger partial charge in [0.1, 0.15) is 4.90 Å². The number of nitrogens with two attached hydrogens (primary N) is 3. The van der Waals surface area contributed by atoms with Crippen LogP contribution in [-0.2, 0) is 19.9 Å². The normalized spacial score (nSPS) is 14.9. The topological polar surface area (TPSA) is 231 Å². The monoisotopic (exact) mass is 518 g/mol. The molecule has 0 radical (unpaired) electrons. The molecule has 14 nitrogen and oxygen atoms in total. The van der Waals surface area contributed by atoms with Gasteiger partial charge in [0.2, 0.25) is 21.8 Å². The van der Waals surface area contributed by atoms with Crippen molar-refractivity contribution in [2.75, 3.05) is 31.1 Å². The second kappa shape index (κ2) is 8.35. The van der Waals surface area contributed by atoms with Crippen molar-refractivity contribution in [2.24, 2.45) is 10.9 Å². The Morgan fingerprint density at radius 2 is 1.86 bits per heavy atom. The van der Waals surface area contributed by atoms with Gasteiger partial charge < -0.3 is 21.4 Å². The summed E-state index contributed by atoms with van der Waals surface area (Å²) < 4.78 is 53.4. The molecule has 184 valence electrons. The molecule has 1 saturated heterocycles. The number of hydrogen-bond donors (Lipinski definition) is 5. The number of anilines is 1. The molecule has 0 unspecified atom stereocenters. The van der Waals surface area contributed by atoms with Gasteiger partial charge in [-0.05, 0) is 22.9 Å². The molecule has 2 aromatic carbocycles. The number of sulfonamides is 1. The minimum absolute atomic E-state index is 0.120. The second-order valence-corrected chi connectivity index (χ2v) is 11.6. The molecule has 2 aromatic heterocycles. The van der Waals surface area contributed by atoms with Gasteiger partial charge in [-0.3, -0.25) is 0 Å². The Bertz CT molecular complexity index is 1640. The number of rotatable bonds is 7. The van der Waals surface area contributed by atoms with Crippen molar-refractivity contribution in [3.63, 3.8) is 0 Å². The zero-order chi connectivity index (χ0) is 25.0. The number of benzene rings is 2. The van der Waals surface area contributed by atoms with Gasteiger partial charge in [0.15, 0.2) is 9.84 Å². The van der Waals surface area contributed by atoms with Crippen LogP contribution in [0, 0.1) is 0 Å². The number of nitrogen functional groups attached to an aromatic ring is 1. The molecule has 35 heavy (non-hydrogen) atoms. The van der Waals surface area contributed by atoms with E-state index >= 15 is 0 Å². The fourth-order valence-electron chi connectivity index (χ4n) is 4.26. The molecule has 0 amide bonds. The van der Waals surface area contributed by atoms with E-state index in [1.807, 2.05) is 10.6 Å². The molecule has 8 N–H and O–H groups in total. The van der Waals surface area contributed by atoms with Crippen molar-refractivity contribution in [3.8, 4) is 22.5 Å². The summed E-state index contributed by atoms with van der Waals surface area (Å²) in [5.74, 6) is -0.331. The van der Waals surface area contributed by atoms with Gasteiger partial charge in [-0.15, -0.1) is 10.2 Å². The van der Waals surface area contributed by atoms with Gasteiger partial charge in [0, 0.05) is 25.2 Å². The number of sulfone groups is 1. The Hall–Kier alpha value is -3.44. The number of para-hydroxylation sites is 1. The van der Waals surface area contributed by atoms with E-state index in [0.717, 1.165) is 18.6 Å². The summed E-state index contributed by atoms with van der Waals surface area (Å²) in [5.41, 5.74) is 13.6. The van der Waals surface area contributed by atoms with E-state index in [-0.39, 0.29) is 24.0 Å². The van der Waals surface area contributed by atoms with Crippen LogP contribution in [0.1, 0.15) is 6.04 Å². The average Bonchev–Trinajstić information content (AvgIpc) is 3.39. The first-order valence-electron chi connectivity index (χ1n) is 10.5. The minimum atomic E-state index is -4.59. The number of aromatic nitrogens is 6. The summed E-state index contributed by atoms with van der Waals surface area (Å²) in [4.78, 5) is 3.41. The van der Waals surface area contributed by atoms with Crippen molar-refractivity contribution in [1.82, 2.24) is 35.5 Å². The average molecular weight is 519 g/mol. The molecule has 16 heteroatoms.